The first kappa shape index (κ1) is 41.4. The summed E-state index contributed by atoms with van der Waals surface area (Å²) in [6.07, 6.45) is 16.8. The Morgan fingerprint density at radius 2 is 1.49 bits per heavy atom. The highest BCUT2D eigenvalue weighted by molar-refractivity contribution is 7.47. The van der Waals surface area contributed by atoms with Crippen molar-refractivity contribution >= 4 is 7.82 Å². The lowest BCUT2D eigenvalue weighted by atomic mass is 9.44. The van der Waals surface area contributed by atoms with Gasteiger partial charge in [-0.05, 0) is 122 Å². The first-order valence-corrected chi connectivity index (χ1v) is 20.7. The molecule has 8 nitrogen and oxygen atoms in total. The van der Waals surface area contributed by atoms with Crippen LogP contribution in [0.25, 0.3) is 0 Å². The summed E-state index contributed by atoms with van der Waals surface area (Å²) in [5, 5.41) is 0. The normalized spacial score (nSPS) is 36.5. The van der Waals surface area contributed by atoms with E-state index in [1.807, 2.05) is 21.1 Å². The highest BCUT2D eigenvalue weighted by atomic mass is 31.2. The molecule has 4 saturated carbocycles. The van der Waals surface area contributed by atoms with E-state index in [-0.39, 0.29) is 25.3 Å². The molecule has 4 rings (SSSR count). The van der Waals surface area contributed by atoms with Crippen molar-refractivity contribution < 1.29 is 37.9 Å². The van der Waals surface area contributed by atoms with Gasteiger partial charge in [0.2, 0.25) is 0 Å². The van der Waals surface area contributed by atoms with Crippen LogP contribution in [0.2, 0.25) is 0 Å². The Morgan fingerprint density at radius 3 is 2.17 bits per heavy atom. The predicted octanol–water partition coefficient (Wildman–Crippen LogP) is 8.81. The van der Waals surface area contributed by atoms with Crippen molar-refractivity contribution in [3.05, 3.63) is 0 Å². The van der Waals surface area contributed by atoms with Crippen LogP contribution in [0.5, 0.6) is 0 Å². The van der Waals surface area contributed by atoms with E-state index in [9.17, 15) is 9.46 Å². The van der Waals surface area contributed by atoms with Crippen LogP contribution < -0.4 is 0 Å². The molecule has 47 heavy (non-hydrogen) atoms. The minimum atomic E-state index is -4.04. The molecule has 0 heterocycles. The van der Waals surface area contributed by atoms with Gasteiger partial charge >= 0.3 is 7.82 Å². The number of rotatable bonds is 18. The first-order chi connectivity index (χ1) is 21.6. The van der Waals surface area contributed by atoms with Crippen molar-refractivity contribution in [3.63, 3.8) is 0 Å². The number of phosphoric acid groups is 1. The van der Waals surface area contributed by atoms with Crippen LogP contribution >= 0.6 is 7.82 Å². The summed E-state index contributed by atoms with van der Waals surface area (Å²) < 4.78 is 34.8. The average molecular weight is 688 g/mol. The minimum absolute atomic E-state index is 0. The molecule has 0 radical (unpaired) electrons. The largest absolute Gasteiger partial charge is 0.870 e. The van der Waals surface area contributed by atoms with Crippen LogP contribution in [0, 0.1) is 58.2 Å². The van der Waals surface area contributed by atoms with E-state index < -0.39 is 7.82 Å². The Kier molecular flexibility index (Phi) is 15.4. The molecule has 4 aliphatic carbocycles. The lowest BCUT2D eigenvalue weighted by Crippen LogP contribution is -2.54. The van der Waals surface area contributed by atoms with E-state index in [4.69, 9.17) is 18.5 Å². The molecule has 3 unspecified atom stereocenters. The van der Waals surface area contributed by atoms with Crippen molar-refractivity contribution in [3.8, 4) is 0 Å². The van der Waals surface area contributed by atoms with Gasteiger partial charge in [-0.25, -0.2) is 4.57 Å². The minimum Gasteiger partial charge on any atom is -0.870 e. The van der Waals surface area contributed by atoms with Crippen molar-refractivity contribution in [2.75, 3.05) is 60.7 Å². The van der Waals surface area contributed by atoms with Crippen LogP contribution in [-0.2, 0) is 23.1 Å². The van der Waals surface area contributed by atoms with Crippen LogP contribution in [0.4, 0.5) is 0 Å². The number of likely N-dealkylation sites (N-methyl/N-ethyl adjacent to an activating group) is 1. The summed E-state index contributed by atoms with van der Waals surface area (Å²) in [5.41, 5.74) is 1.03. The molecule has 278 valence electrons. The zero-order chi connectivity index (χ0) is 33.8. The van der Waals surface area contributed by atoms with E-state index in [0.717, 1.165) is 53.8 Å². The number of hydrogen-bond acceptors (Lipinski definition) is 6. The van der Waals surface area contributed by atoms with E-state index in [1.54, 1.807) is 0 Å². The summed E-state index contributed by atoms with van der Waals surface area (Å²) in [4.78, 5) is 9.85. The quantitative estimate of drug-likeness (QED) is 0.0873. The molecule has 0 amide bonds. The fourth-order valence-corrected chi connectivity index (χ4v) is 11.8. The smallest absolute Gasteiger partial charge is 0.472 e. The lowest BCUT2D eigenvalue weighted by Gasteiger charge is -2.61. The molecule has 0 aromatic carbocycles. The molecular weight excluding hydrogens is 613 g/mol. The molecule has 9 heteroatoms. The Hall–Kier alpha value is -0.0500. The molecule has 2 N–H and O–H groups in total. The third-order valence-electron chi connectivity index (χ3n) is 13.9. The fraction of sp³-hybridized carbons (Fsp3) is 1.00. The number of ether oxygens (including phenoxy) is 2. The van der Waals surface area contributed by atoms with Gasteiger partial charge in [0.15, 0.2) is 0 Å². The van der Waals surface area contributed by atoms with Crippen molar-refractivity contribution in [2.45, 2.75) is 125 Å². The van der Waals surface area contributed by atoms with Gasteiger partial charge in [0.25, 0.3) is 0 Å². The summed E-state index contributed by atoms with van der Waals surface area (Å²) in [5.74, 6) is 7.03. The van der Waals surface area contributed by atoms with Gasteiger partial charge in [-0.1, -0.05) is 54.4 Å². The second-order valence-electron chi connectivity index (χ2n) is 17.9. The summed E-state index contributed by atoms with van der Waals surface area (Å²) in [6.45, 7) is 17.3. The zero-order valence-electron chi connectivity index (χ0n) is 31.8. The highest BCUT2D eigenvalue weighted by Gasteiger charge is 2.60. The maximum atomic E-state index is 12.0. The van der Waals surface area contributed by atoms with Gasteiger partial charge in [-0.15, -0.1) is 0 Å². The first-order valence-electron chi connectivity index (χ1n) is 19.2. The maximum absolute atomic E-state index is 12.0. The molecule has 0 aliphatic heterocycles. The van der Waals surface area contributed by atoms with Gasteiger partial charge in [0.05, 0.1) is 53.7 Å². The number of hydrogen-bond donors (Lipinski definition) is 1. The predicted molar refractivity (Wildman–Crippen MR) is 189 cm³/mol. The molecular formula is C38H74NO7P. The molecule has 0 bridgehead atoms. The van der Waals surface area contributed by atoms with Crippen LogP contribution in [0.1, 0.15) is 119 Å². The SMILES string of the molecule is CC[C@H](CC[C@@H](C)[C@H]1CC[C@H]2[C@@H]3CCC4CC(OCCOCCOP(=O)(O)OCC[N+](C)(C)C)CC[C@]4(C)[C@H]3CC[C@]12C)C(C)C.[OH-]. The van der Waals surface area contributed by atoms with Gasteiger partial charge in [0, 0.05) is 0 Å². The van der Waals surface area contributed by atoms with E-state index in [2.05, 4.69) is 41.5 Å². The average Bonchev–Trinajstić information content (AvgIpc) is 3.33. The maximum Gasteiger partial charge on any atom is 0.472 e. The zero-order valence-corrected chi connectivity index (χ0v) is 32.6. The van der Waals surface area contributed by atoms with Gasteiger partial charge in [0.1, 0.15) is 13.2 Å². The summed E-state index contributed by atoms with van der Waals surface area (Å²) >= 11 is 0. The molecule has 0 aromatic heterocycles. The molecule has 0 aromatic rings. The molecule has 0 saturated heterocycles. The second kappa shape index (κ2) is 17.4. The molecule has 4 aliphatic rings. The van der Waals surface area contributed by atoms with Crippen LogP contribution in [-0.4, -0.2) is 81.7 Å². The third-order valence-corrected chi connectivity index (χ3v) is 14.9. The molecule has 4 fully saturated rings. The van der Waals surface area contributed by atoms with Crippen LogP contribution in [0.3, 0.4) is 0 Å². The van der Waals surface area contributed by atoms with Crippen LogP contribution in [0.15, 0.2) is 0 Å². The van der Waals surface area contributed by atoms with E-state index in [1.165, 1.54) is 70.6 Å². The lowest BCUT2D eigenvalue weighted by molar-refractivity contribution is -0.870. The topological polar surface area (TPSA) is 104 Å². The van der Waals surface area contributed by atoms with Gasteiger partial charge < -0.3 is 24.3 Å². The van der Waals surface area contributed by atoms with Crippen molar-refractivity contribution in [2.24, 2.45) is 58.2 Å². The molecule has 11 atom stereocenters. The monoisotopic (exact) mass is 688 g/mol. The number of fused-ring (bicyclic) bond motifs is 5. The number of nitrogens with zero attached hydrogens (tertiary/aromatic N) is 1. The Bertz CT molecular complexity index is 990. The summed E-state index contributed by atoms with van der Waals surface area (Å²) in [7, 11) is 1.98. The van der Waals surface area contributed by atoms with Crippen molar-refractivity contribution in [1.82, 2.24) is 0 Å². The van der Waals surface area contributed by atoms with Gasteiger partial charge in [-0.3, -0.25) is 9.05 Å². The third kappa shape index (κ3) is 10.5. The Labute approximate surface area is 288 Å². The van der Waals surface area contributed by atoms with Crippen molar-refractivity contribution in [1.29, 1.82) is 0 Å². The highest BCUT2D eigenvalue weighted by Crippen LogP contribution is 2.68. The number of quaternary nitrogens is 1. The standard InChI is InChI=1S/C38H72NO6P.H2O/c1-10-30(28(2)3)12-11-29(4)34-15-16-35-33-14-13-31-27-32(17-19-37(31,5)36(33)18-20-38(34,35)6)43-25-23-42-24-26-45-46(40,41)44-22-21-39(7,8)9;/h28-36H,10-27H2,1-9H3;1H2/t29-,30-,31?,32?,33+,34-,35+,36+,37+,38-;/m1./s1. The van der Waals surface area contributed by atoms with E-state index in [0.29, 0.717) is 41.2 Å². The Balaban J connectivity index is 0.00000600. The van der Waals surface area contributed by atoms with Gasteiger partial charge in [-0.2, -0.15) is 0 Å². The second-order valence-corrected chi connectivity index (χ2v) is 19.3. The molecule has 0 spiro atoms. The number of phosphoric ester groups is 1. The Morgan fingerprint density at radius 1 is 0.830 bits per heavy atom. The van der Waals surface area contributed by atoms with E-state index >= 15 is 0 Å². The fourth-order valence-electron chi connectivity index (χ4n) is 11.1. The summed E-state index contributed by atoms with van der Waals surface area (Å²) in [6, 6.07) is 0.